The Morgan fingerprint density at radius 1 is 1.56 bits per heavy atom. The molecule has 1 saturated carbocycles. The van der Waals surface area contributed by atoms with Gasteiger partial charge in [0.15, 0.2) is 0 Å². The third kappa shape index (κ3) is 1.21. The number of rotatable bonds is 1. The molecule has 1 rings (SSSR count). The third-order valence-corrected chi connectivity index (χ3v) is 1.73. The van der Waals surface area contributed by atoms with Crippen LogP contribution in [0.4, 0.5) is 8.78 Å². The zero-order valence-electron chi connectivity index (χ0n) is 5.36. The van der Waals surface area contributed by atoms with E-state index in [1.165, 1.54) is 7.11 Å². The van der Waals surface area contributed by atoms with Gasteiger partial charge in [0.1, 0.15) is 6.10 Å². The highest BCUT2D eigenvalue weighted by molar-refractivity contribution is 4.84. The van der Waals surface area contributed by atoms with E-state index in [1.807, 2.05) is 0 Å². The van der Waals surface area contributed by atoms with Gasteiger partial charge in [0, 0.05) is 13.5 Å². The van der Waals surface area contributed by atoms with Crippen molar-refractivity contribution in [1.29, 1.82) is 0 Å². The Labute approximate surface area is 53.0 Å². The Kier molecular flexibility index (Phi) is 1.70. The predicted octanol–water partition coefficient (Wildman–Crippen LogP) is 1.82. The smallest absolute Gasteiger partial charge is 0.273 e. The van der Waals surface area contributed by atoms with Crippen LogP contribution in [0.5, 0.6) is 0 Å². The molecule has 9 heavy (non-hydrogen) atoms. The Morgan fingerprint density at radius 3 is 2.44 bits per heavy atom. The minimum atomic E-state index is -2.56. The van der Waals surface area contributed by atoms with E-state index >= 15 is 0 Å². The van der Waals surface area contributed by atoms with Crippen molar-refractivity contribution < 1.29 is 13.5 Å². The van der Waals surface area contributed by atoms with Crippen LogP contribution in [0, 0.1) is 0 Å². The molecule has 0 aromatic heterocycles. The van der Waals surface area contributed by atoms with Crippen molar-refractivity contribution in [2.45, 2.75) is 31.3 Å². The number of hydrogen-bond acceptors (Lipinski definition) is 1. The molecule has 1 unspecified atom stereocenters. The van der Waals surface area contributed by atoms with Crippen molar-refractivity contribution >= 4 is 0 Å². The molecule has 0 bridgehead atoms. The van der Waals surface area contributed by atoms with E-state index in [9.17, 15) is 8.78 Å². The fraction of sp³-hybridized carbons (Fsp3) is 1.00. The summed E-state index contributed by atoms with van der Waals surface area (Å²) in [6.07, 6.45) is 0.262. The summed E-state index contributed by atoms with van der Waals surface area (Å²) in [6.45, 7) is 0. The maximum atomic E-state index is 12.5. The van der Waals surface area contributed by atoms with E-state index in [1.54, 1.807) is 0 Å². The molecule has 0 aromatic rings. The van der Waals surface area contributed by atoms with E-state index in [2.05, 4.69) is 4.74 Å². The predicted molar refractivity (Wildman–Crippen MR) is 29.6 cm³/mol. The van der Waals surface area contributed by atoms with Crippen LogP contribution in [0.15, 0.2) is 0 Å². The second-order valence-electron chi connectivity index (χ2n) is 2.38. The second-order valence-corrected chi connectivity index (χ2v) is 2.38. The Hall–Kier alpha value is -0.180. The quantitative estimate of drug-likeness (QED) is 0.534. The second kappa shape index (κ2) is 2.21. The average molecular weight is 136 g/mol. The first-order valence-corrected chi connectivity index (χ1v) is 3.07. The molecule has 1 nitrogen and oxygen atoms in total. The van der Waals surface area contributed by atoms with Crippen molar-refractivity contribution in [3.05, 3.63) is 0 Å². The highest BCUT2D eigenvalue weighted by Gasteiger charge is 2.43. The van der Waals surface area contributed by atoms with Crippen molar-refractivity contribution in [3.8, 4) is 0 Å². The Balaban J connectivity index is 2.52. The Bertz CT molecular complexity index is 103. The first kappa shape index (κ1) is 6.93. The molecule has 3 heteroatoms. The fourth-order valence-corrected chi connectivity index (χ4v) is 1.19. The van der Waals surface area contributed by atoms with Gasteiger partial charge in [-0.15, -0.1) is 0 Å². The van der Waals surface area contributed by atoms with Crippen molar-refractivity contribution in [2.24, 2.45) is 0 Å². The van der Waals surface area contributed by atoms with Gasteiger partial charge in [-0.05, 0) is 12.8 Å². The molecule has 0 aromatic carbocycles. The summed E-state index contributed by atoms with van der Waals surface area (Å²) < 4.78 is 29.5. The van der Waals surface area contributed by atoms with Crippen molar-refractivity contribution in [3.63, 3.8) is 0 Å². The minimum absolute atomic E-state index is 0.00843. The summed E-state index contributed by atoms with van der Waals surface area (Å²) in [5.74, 6) is -2.56. The standard InChI is InChI=1S/C6H10F2O/c1-9-5-3-2-4-6(5,7)8/h5H,2-4H2,1H3. The van der Waals surface area contributed by atoms with Crippen LogP contribution in [0.25, 0.3) is 0 Å². The van der Waals surface area contributed by atoms with E-state index in [0.29, 0.717) is 12.8 Å². The van der Waals surface area contributed by atoms with Gasteiger partial charge in [-0.1, -0.05) is 0 Å². The molecule has 0 N–H and O–H groups in total. The lowest BCUT2D eigenvalue weighted by Crippen LogP contribution is -2.28. The van der Waals surface area contributed by atoms with E-state index < -0.39 is 12.0 Å². The van der Waals surface area contributed by atoms with Gasteiger partial charge in [-0.25, -0.2) is 8.78 Å². The number of hydrogen-bond donors (Lipinski definition) is 0. The van der Waals surface area contributed by atoms with Gasteiger partial charge in [0.25, 0.3) is 5.92 Å². The van der Waals surface area contributed by atoms with Crippen LogP contribution in [0.3, 0.4) is 0 Å². The lowest BCUT2D eigenvalue weighted by Gasteiger charge is -2.16. The van der Waals surface area contributed by atoms with Crippen LogP contribution < -0.4 is 0 Å². The molecule has 0 spiro atoms. The summed E-state index contributed by atoms with van der Waals surface area (Å²) in [5.41, 5.74) is 0. The number of halogens is 2. The third-order valence-electron chi connectivity index (χ3n) is 1.73. The minimum Gasteiger partial charge on any atom is -0.375 e. The maximum absolute atomic E-state index is 12.5. The normalized spacial score (nSPS) is 33.0. The first-order chi connectivity index (χ1) is 4.17. The van der Waals surface area contributed by atoms with Gasteiger partial charge < -0.3 is 4.74 Å². The van der Waals surface area contributed by atoms with Crippen molar-refractivity contribution in [2.75, 3.05) is 7.11 Å². The molecule has 0 radical (unpaired) electrons. The summed E-state index contributed by atoms with van der Waals surface area (Å²) in [7, 11) is 1.34. The first-order valence-electron chi connectivity index (χ1n) is 3.07. The molecule has 54 valence electrons. The fourth-order valence-electron chi connectivity index (χ4n) is 1.19. The molecule has 0 amide bonds. The van der Waals surface area contributed by atoms with E-state index in [0.717, 1.165) is 0 Å². The monoisotopic (exact) mass is 136 g/mol. The Morgan fingerprint density at radius 2 is 2.22 bits per heavy atom. The molecule has 0 heterocycles. The molecule has 0 saturated heterocycles. The van der Waals surface area contributed by atoms with Gasteiger partial charge in [0.2, 0.25) is 0 Å². The van der Waals surface area contributed by atoms with E-state index in [4.69, 9.17) is 0 Å². The lowest BCUT2D eigenvalue weighted by molar-refractivity contribution is -0.102. The van der Waals surface area contributed by atoms with Gasteiger partial charge in [0.05, 0.1) is 0 Å². The molecule has 1 aliphatic carbocycles. The highest BCUT2D eigenvalue weighted by atomic mass is 19.3. The average Bonchev–Trinajstić information content (AvgIpc) is 2.08. The number of alkyl halides is 2. The zero-order valence-corrected chi connectivity index (χ0v) is 5.36. The summed E-state index contributed by atoms with van der Waals surface area (Å²) in [4.78, 5) is 0. The lowest BCUT2D eigenvalue weighted by atomic mass is 10.2. The summed E-state index contributed by atoms with van der Waals surface area (Å²) in [6, 6.07) is 0. The van der Waals surface area contributed by atoms with Crippen molar-refractivity contribution in [1.82, 2.24) is 0 Å². The number of methoxy groups -OCH3 is 1. The summed E-state index contributed by atoms with van der Waals surface area (Å²) in [5, 5.41) is 0. The van der Waals surface area contributed by atoms with Crippen LogP contribution in [-0.4, -0.2) is 19.1 Å². The topological polar surface area (TPSA) is 9.23 Å². The van der Waals surface area contributed by atoms with Crippen LogP contribution in [0.1, 0.15) is 19.3 Å². The summed E-state index contributed by atoms with van der Waals surface area (Å²) >= 11 is 0. The molecule has 1 aliphatic rings. The molecule has 1 atom stereocenters. The van der Waals surface area contributed by atoms with Crippen LogP contribution in [-0.2, 0) is 4.74 Å². The van der Waals surface area contributed by atoms with Gasteiger partial charge in [-0.2, -0.15) is 0 Å². The SMILES string of the molecule is COC1CCCC1(F)F. The van der Waals surface area contributed by atoms with Gasteiger partial charge >= 0.3 is 0 Å². The molecular formula is C6H10F2O. The molecule has 0 aliphatic heterocycles. The maximum Gasteiger partial charge on any atom is 0.273 e. The van der Waals surface area contributed by atoms with Gasteiger partial charge in [-0.3, -0.25) is 0 Å². The highest BCUT2D eigenvalue weighted by Crippen LogP contribution is 2.36. The van der Waals surface area contributed by atoms with Crippen LogP contribution in [0.2, 0.25) is 0 Å². The molecular weight excluding hydrogens is 126 g/mol. The van der Waals surface area contributed by atoms with E-state index in [-0.39, 0.29) is 6.42 Å². The molecule has 1 fully saturated rings. The zero-order chi connectivity index (χ0) is 6.91. The van der Waals surface area contributed by atoms with Crippen LogP contribution >= 0.6 is 0 Å². The number of ether oxygens (including phenoxy) is 1. The largest absolute Gasteiger partial charge is 0.375 e.